The average Bonchev–Trinajstić information content (AvgIpc) is 2.61. The molecular weight excluding hydrogens is 282 g/mol. The van der Waals surface area contributed by atoms with E-state index >= 15 is 0 Å². The number of nitrogens with zero attached hydrogens (tertiary/aromatic N) is 1. The molecule has 0 spiro atoms. The van der Waals surface area contributed by atoms with E-state index in [0.717, 1.165) is 37.5 Å². The lowest BCUT2D eigenvalue weighted by Gasteiger charge is -2.28. The molecule has 0 amide bonds. The van der Waals surface area contributed by atoms with Gasteiger partial charge in [0.25, 0.3) is 0 Å². The molecule has 2 heteroatoms. The van der Waals surface area contributed by atoms with Crippen LogP contribution in [-0.4, -0.2) is 13.2 Å². The summed E-state index contributed by atoms with van der Waals surface area (Å²) < 4.78 is 5.76. The highest BCUT2D eigenvalue weighted by atomic mass is 16.5. The summed E-state index contributed by atoms with van der Waals surface area (Å²) in [6.45, 7) is 5.55. The molecule has 0 aromatic heterocycles. The Morgan fingerprint density at radius 3 is 2.48 bits per heavy atom. The zero-order valence-electron chi connectivity index (χ0n) is 14.2. The zero-order valence-corrected chi connectivity index (χ0v) is 14.2. The smallest absolute Gasteiger partial charge is 0.0991 e. The van der Waals surface area contributed by atoms with Crippen LogP contribution in [0.1, 0.15) is 68.4 Å². The lowest BCUT2D eigenvalue weighted by molar-refractivity contribution is 0.109. The minimum absolute atomic E-state index is 0.679. The molecule has 2 nitrogen and oxygen atoms in total. The monoisotopic (exact) mass is 311 g/mol. The molecule has 1 fully saturated rings. The third-order valence-corrected chi connectivity index (χ3v) is 4.98. The van der Waals surface area contributed by atoms with Gasteiger partial charge in [-0.25, -0.2) is 0 Å². The van der Waals surface area contributed by atoms with Crippen molar-refractivity contribution < 1.29 is 4.74 Å². The molecule has 23 heavy (non-hydrogen) atoms. The summed E-state index contributed by atoms with van der Waals surface area (Å²) in [5.41, 5.74) is 2.16. The van der Waals surface area contributed by atoms with Crippen LogP contribution in [0.2, 0.25) is 0 Å². The standard InChI is InChI=1S/C21H29NO/c1-2-3-4-5-15-23-16-14-18-6-10-20(11-7-18)21-12-8-19(17-22)9-13-21/h2,8-9,12-13,18,20H,1,3-7,10-11,14-16H2/t18-,20-. The molecule has 1 aromatic rings. The Kier molecular flexibility index (Phi) is 7.90. The van der Waals surface area contributed by atoms with Gasteiger partial charge < -0.3 is 4.74 Å². The van der Waals surface area contributed by atoms with Crippen LogP contribution < -0.4 is 0 Å². The van der Waals surface area contributed by atoms with Crippen molar-refractivity contribution in [3.8, 4) is 6.07 Å². The van der Waals surface area contributed by atoms with E-state index in [1.807, 2.05) is 18.2 Å². The maximum atomic E-state index is 8.87. The van der Waals surface area contributed by atoms with E-state index in [1.165, 1.54) is 44.1 Å². The van der Waals surface area contributed by atoms with Gasteiger partial charge in [0, 0.05) is 13.2 Å². The first-order chi connectivity index (χ1) is 11.3. The highest BCUT2D eigenvalue weighted by Crippen LogP contribution is 2.37. The van der Waals surface area contributed by atoms with Gasteiger partial charge >= 0.3 is 0 Å². The first-order valence-corrected chi connectivity index (χ1v) is 9.02. The van der Waals surface area contributed by atoms with Crippen LogP contribution in [0.15, 0.2) is 36.9 Å². The zero-order chi connectivity index (χ0) is 16.3. The van der Waals surface area contributed by atoms with Gasteiger partial charge in [0.1, 0.15) is 0 Å². The van der Waals surface area contributed by atoms with Crippen LogP contribution in [0, 0.1) is 17.2 Å². The molecule has 1 aliphatic carbocycles. The summed E-state index contributed by atoms with van der Waals surface area (Å²) in [5, 5.41) is 8.87. The van der Waals surface area contributed by atoms with Gasteiger partial charge in [0.15, 0.2) is 0 Å². The first-order valence-electron chi connectivity index (χ1n) is 9.02. The van der Waals surface area contributed by atoms with Crippen molar-refractivity contribution in [3.63, 3.8) is 0 Å². The second-order valence-corrected chi connectivity index (χ2v) is 6.64. The fourth-order valence-electron chi connectivity index (χ4n) is 3.46. The summed E-state index contributed by atoms with van der Waals surface area (Å²) in [4.78, 5) is 0. The van der Waals surface area contributed by atoms with E-state index in [0.29, 0.717) is 5.92 Å². The summed E-state index contributed by atoms with van der Waals surface area (Å²) >= 11 is 0. The lowest BCUT2D eigenvalue weighted by Crippen LogP contribution is -2.15. The molecule has 124 valence electrons. The van der Waals surface area contributed by atoms with Crippen molar-refractivity contribution in [2.75, 3.05) is 13.2 Å². The number of allylic oxidation sites excluding steroid dienone is 1. The largest absolute Gasteiger partial charge is 0.381 e. The van der Waals surface area contributed by atoms with Crippen LogP contribution in [0.25, 0.3) is 0 Å². The molecule has 0 aliphatic heterocycles. The number of unbranched alkanes of at least 4 members (excludes halogenated alkanes) is 2. The van der Waals surface area contributed by atoms with Crippen LogP contribution >= 0.6 is 0 Å². The van der Waals surface area contributed by atoms with Gasteiger partial charge in [-0.1, -0.05) is 18.2 Å². The van der Waals surface area contributed by atoms with Crippen molar-refractivity contribution in [1.29, 1.82) is 5.26 Å². The number of hydrogen-bond acceptors (Lipinski definition) is 2. The molecule has 0 bridgehead atoms. The lowest BCUT2D eigenvalue weighted by atomic mass is 9.77. The third kappa shape index (κ3) is 6.20. The minimum atomic E-state index is 0.679. The van der Waals surface area contributed by atoms with Gasteiger partial charge in [-0.2, -0.15) is 5.26 Å². The van der Waals surface area contributed by atoms with E-state index < -0.39 is 0 Å². The van der Waals surface area contributed by atoms with Crippen molar-refractivity contribution in [1.82, 2.24) is 0 Å². The quantitative estimate of drug-likeness (QED) is 0.439. The number of hydrogen-bond donors (Lipinski definition) is 0. The number of nitriles is 1. The van der Waals surface area contributed by atoms with Crippen LogP contribution in [0.5, 0.6) is 0 Å². The predicted octanol–water partition coefficient (Wildman–Crippen LogP) is 5.60. The average molecular weight is 311 g/mol. The van der Waals surface area contributed by atoms with Crippen LogP contribution in [0.3, 0.4) is 0 Å². The normalized spacial score (nSPS) is 20.8. The van der Waals surface area contributed by atoms with E-state index in [2.05, 4.69) is 24.8 Å². The molecule has 2 rings (SSSR count). The second-order valence-electron chi connectivity index (χ2n) is 6.64. The van der Waals surface area contributed by atoms with E-state index in [1.54, 1.807) is 0 Å². The highest BCUT2D eigenvalue weighted by Gasteiger charge is 2.22. The predicted molar refractivity (Wildman–Crippen MR) is 95.3 cm³/mol. The molecule has 0 atom stereocenters. The van der Waals surface area contributed by atoms with E-state index in [-0.39, 0.29) is 0 Å². The molecular formula is C21H29NO. The van der Waals surface area contributed by atoms with Crippen molar-refractivity contribution >= 4 is 0 Å². The molecule has 0 heterocycles. The highest BCUT2D eigenvalue weighted by molar-refractivity contribution is 5.33. The summed E-state index contributed by atoms with van der Waals surface area (Å²) in [7, 11) is 0. The number of benzene rings is 1. The van der Waals surface area contributed by atoms with E-state index in [4.69, 9.17) is 10.00 Å². The Morgan fingerprint density at radius 2 is 1.83 bits per heavy atom. The first kappa shape index (κ1) is 17.8. The maximum absolute atomic E-state index is 8.87. The Balaban J connectivity index is 1.60. The summed E-state index contributed by atoms with van der Waals surface area (Å²) in [6, 6.07) is 10.4. The molecule has 0 N–H and O–H groups in total. The molecule has 0 radical (unpaired) electrons. The Morgan fingerprint density at radius 1 is 1.09 bits per heavy atom. The van der Waals surface area contributed by atoms with Crippen LogP contribution in [0.4, 0.5) is 0 Å². The van der Waals surface area contributed by atoms with Gasteiger partial charge in [-0.15, -0.1) is 6.58 Å². The van der Waals surface area contributed by atoms with Crippen molar-refractivity contribution in [2.24, 2.45) is 5.92 Å². The fraction of sp³-hybridized carbons (Fsp3) is 0.571. The molecule has 1 aliphatic rings. The molecule has 0 saturated heterocycles. The topological polar surface area (TPSA) is 33.0 Å². The van der Waals surface area contributed by atoms with E-state index in [9.17, 15) is 0 Å². The Hall–Kier alpha value is -1.59. The van der Waals surface area contributed by atoms with Gasteiger partial charge in [0.05, 0.1) is 11.6 Å². The van der Waals surface area contributed by atoms with Gasteiger partial charge in [-0.05, 0) is 80.9 Å². The van der Waals surface area contributed by atoms with Crippen molar-refractivity contribution in [2.45, 2.75) is 57.3 Å². The molecule has 0 unspecified atom stereocenters. The van der Waals surface area contributed by atoms with Crippen molar-refractivity contribution in [3.05, 3.63) is 48.0 Å². The molecule has 1 aromatic carbocycles. The Labute approximate surface area is 141 Å². The number of rotatable bonds is 9. The molecule has 1 saturated carbocycles. The Bertz CT molecular complexity index is 492. The SMILES string of the molecule is C=CCCCCOCC[C@H]1CC[C@H](c2ccc(C#N)cc2)CC1. The summed E-state index contributed by atoms with van der Waals surface area (Å²) in [6.07, 6.45) is 11.8. The maximum Gasteiger partial charge on any atom is 0.0991 e. The van der Waals surface area contributed by atoms with Gasteiger partial charge in [-0.3, -0.25) is 0 Å². The second kappa shape index (κ2) is 10.2. The van der Waals surface area contributed by atoms with Crippen LogP contribution in [-0.2, 0) is 4.74 Å². The third-order valence-electron chi connectivity index (χ3n) is 4.98. The number of ether oxygens (including phenoxy) is 1. The van der Waals surface area contributed by atoms with Gasteiger partial charge in [0.2, 0.25) is 0 Å². The summed E-state index contributed by atoms with van der Waals surface area (Å²) in [5.74, 6) is 1.51. The fourth-order valence-corrected chi connectivity index (χ4v) is 3.46. The minimum Gasteiger partial charge on any atom is -0.381 e.